The summed E-state index contributed by atoms with van der Waals surface area (Å²) in [6, 6.07) is 3.89. The van der Waals surface area contributed by atoms with Crippen LogP contribution >= 0.6 is 0 Å². The number of benzene rings is 2. The van der Waals surface area contributed by atoms with Crippen molar-refractivity contribution in [2.75, 3.05) is 14.2 Å². The smallest absolute Gasteiger partial charge is 0.347 e. The lowest BCUT2D eigenvalue weighted by atomic mass is 9.76. The average molecular weight is 572 g/mol. The Balaban J connectivity index is 1.64. The normalized spacial score (nSPS) is 18.2. The Morgan fingerprint density at radius 3 is 1.88 bits per heavy atom. The molecule has 3 aliphatic rings. The van der Waals surface area contributed by atoms with Crippen LogP contribution in [0.15, 0.2) is 50.1 Å². The summed E-state index contributed by atoms with van der Waals surface area (Å²) >= 11 is 0. The van der Waals surface area contributed by atoms with Crippen molar-refractivity contribution in [3.63, 3.8) is 0 Å². The van der Waals surface area contributed by atoms with Crippen LogP contribution in [0.2, 0.25) is 0 Å². The Kier molecular flexibility index (Phi) is 5.72. The maximum Gasteiger partial charge on any atom is 0.347 e. The molecule has 2 N–H and O–H groups in total. The molecule has 0 saturated carbocycles. The van der Waals surface area contributed by atoms with Gasteiger partial charge >= 0.3 is 11.6 Å². The minimum absolute atomic E-state index is 0.116. The van der Waals surface area contributed by atoms with E-state index in [2.05, 4.69) is 0 Å². The maximum absolute atomic E-state index is 14.0. The van der Waals surface area contributed by atoms with Crippen LogP contribution in [0, 0.1) is 6.92 Å². The van der Waals surface area contributed by atoms with Crippen LogP contribution in [0.1, 0.15) is 70.0 Å². The largest absolute Gasteiger partial charge is 0.506 e. The standard InChI is InChI=1S/C30H20O12/c1-9-5-11-7-13-17(23(33)15(11)29(37)41-9)25(35)19(27(39-3)21(13)31)20-26(36)18-14(22(32)28(20)40-4)8-12-6-10(2)42-30(38)16(12)24(18)34/h5,7-8,10,33-34H,6H2,1-4H3. The highest BCUT2D eigenvalue weighted by atomic mass is 16.5. The molecule has 12 nitrogen and oxygen atoms in total. The van der Waals surface area contributed by atoms with Crippen molar-refractivity contribution in [2.45, 2.75) is 26.4 Å². The SMILES string of the molecule is COC1=C(C2=C(OC)C(=O)c3cc4cc(C)oc(=O)c4c(O)c3C2=O)C(=O)c2c(cc3c(c2O)C(=O)OC(C)C3)C1=O. The zero-order chi connectivity index (χ0) is 30.4. The van der Waals surface area contributed by atoms with Crippen LogP contribution in [0.3, 0.4) is 0 Å². The molecule has 212 valence electrons. The molecular weight excluding hydrogens is 552 g/mol. The number of cyclic esters (lactones) is 1. The van der Waals surface area contributed by atoms with Gasteiger partial charge in [0.15, 0.2) is 11.5 Å². The predicted octanol–water partition coefficient (Wildman–Crippen LogP) is 2.87. The molecule has 0 spiro atoms. The molecule has 0 fully saturated rings. The minimum Gasteiger partial charge on any atom is -0.506 e. The van der Waals surface area contributed by atoms with Gasteiger partial charge in [-0.25, -0.2) is 9.59 Å². The van der Waals surface area contributed by atoms with Crippen LogP contribution in [0.5, 0.6) is 11.5 Å². The van der Waals surface area contributed by atoms with E-state index in [0.717, 1.165) is 14.2 Å². The van der Waals surface area contributed by atoms with Gasteiger partial charge in [0.2, 0.25) is 23.1 Å². The molecule has 1 atom stereocenters. The molecule has 0 bridgehead atoms. The fourth-order valence-corrected chi connectivity index (χ4v) is 5.76. The predicted molar refractivity (Wildman–Crippen MR) is 141 cm³/mol. The number of methoxy groups -OCH3 is 2. The summed E-state index contributed by atoms with van der Waals surface area (Å²) in [6.07, 6.45) is -0.397. The van der Waals surface area contributed by atoms with E-state index in [9.17, 15) is 39.0 Å². The van der Waals surface area contributed by atoms with E-state index in [1.54, 1.807) is 6.92 Å². The van der Waals surface area contributed by atoms with Crippen molar-refractivity contribution in [1.82, 2.24) is 0 Å². The number of fused-ring (bicyclic) bond motifs is 4. The number of hydrogen-bond acceptors (Lipinski definition) is 12. The zero-order valence-electron chi connectivity index (χ0n) is 22.5. The van der Waals surface area contributed by atoms with E-state index in [4.69, 9.17) is 18.6 Å². The van der Waals surface area contributed by atoms with Crippen molar-refractivity contribution >= 4 is 39.9 Å². The summed E-state index contributed by atoms with van der Waals surface area (Å²) < 4.78 is 20.8. The average Bonchev–Trinajstić information content (AvgIpc) is 2.91. The summed E-state index contributed by atoms with van der Waals surface area (Å²) in [7, 11) is 2.13. The number of carbonyl (C=O) groups is 5. The number of ether oxygens (including phenoxy) is 3. The minimum atomic E-state index is -1.14. The molecule has 3 aromatic rings. The Labute approximate surface area is 235 Å². The van der Waals surface area contributed by atoms with Crippen LogP contribution in [-0.2, 0) is 20.6 Å². The Bertz CT molecular complexity index is 2000. The number of esters is 1. The second-order valence-corrected chi connectivity index (χ2v) is 9.99. The highest BCUT2D eigenvalue weighted by molar-refractivity contribution is 6.38. The monoisotopic (exact) mass is 572 g/mol. The van der Waals surface area contributed by atoms with Crippen molar-refractivity contribution in [1.29, 1.82) is 0 Å². The number of aromatic hydroxyl groups is 2. The molecule has 0 saturated heterocycles. The lowest BCUT2D eigenvalue weighted by molar-refractivity contribution is 0.0296. The molecule has 0 radical (unpaired) electrons. The number of phenolic OH excluding ortho intramolecular Hbond substituents is 2. The van der Waals surface area contributed by atoms with E-state index >= 15 is 0 Å². The van der Waals surface area contributed by atoms with Crippen LogP contribution in [0.25, 0.3) is 10.8 Å². The molecule has 2 aromatic carbocycles. The summed E-state index contributed by atoms with van der Waals surface area (Å²) in [5.41, 5.74) is -4.32. The molecule has 2 aliphatic carbocycles. The molecule has 0 amide bonds. The summed E-state index contributed by atoms with van der Waals surface area (Å²) in [4.78, 5) is 80.6. The second-order valence-electron chi connectivity index (χ2n) is 9.99. The van der Waals surface area contributed by atoms with Crippen molar-refractivity contribution < 1.29 is 52.8 Å². The summed E-state index contributed by atoms with van der Waals surface area (Å²) in [5.74, 6) is -7.83. The number of ketones is 4. The lowest BCUT2D eigenvalue weighted by Crippen LogP contribution is -2.33. The van der Waals surface area contributed by atoms with Gasteiger partial charge in [-0.2, -0.15) is 0 Å². The van der Waals surface area contributed by atoms with Crippen molar-refractivity contribution in [3.8, 4) is 11.5 Å². The highest BCUT2D eigenvalue weighted by Crippen LogP contribution is 2.45. The van der Waals surface area contributed by atoms with E-state index < -0.39 is 86.1 Å². The van der Waals surface area contributed by atoms with Gasteiger partial charge in [0.1, 0.15) is 34.3 Å². The third-order valence-corrected chi connectivity index (χ3v) is 7.47. The first-order chi connectivity index (χ1) is 19.9. The van der Waals surface area contributed by atoms with Gasteiger partial charge < -0.3 is 28.8 Å². The lowest BCUT2D eigenvalue weighted by Gasteiger charge is -2.28. The molecule has 42 heavy (non-hydrogen) atoms. The zero-order valence-corrected chi connectivity index (χ0v) is 22.5. The van der Waals surface area contributed by atoms with Crippen LogP contribution in [-0.4, -0.2) is 59.6 Å². The Hall–Kier alpha value is -5.52. The second kappa shape index (κ2) is 8.99. The van der Waals surface area contributed by atoms with Crippen molar-refractivity contribution in [2.24, 2.45) is 0 Å². The molecule has 1 unspecified atom stereocenters. The van der Waals surface area contributed by atoms with Gasteiger partial charge in [-0.3, -0.25) is 19.2 Å². The van der Waals surface area contributed by atoms with E-state index in [-0.39, 0.29) is 45.2 Å². The highest BCUT2D eigenvalue weighted by Gasteiger charge is 2.47. The van der Waals surface area contributed by atoms with Gasteiger partial charge in [-0.15, -0.1) is 0 Å². The molecule has 6 rings (SSSR count). The first kappa shape index (κ1) is 26.7. The first-order valence-electron chi connectivity index (χ1n) is 12.6. The van der Waals surface area contributed by atoms with Crippen LogP contribution in [0.4, 0.5) is 0 Å². The quantitative estimate of drug-likeness (QED) is 0.438. The van der Waals surface area contributed by atoms with Crippen LogP contribution < -0.4 is 5.63 Å². The van der Waals surface area contributed by atoms with Gasteiger partial charge in [0.25, 0.3) is 0 Å². The third kappa shape index (κ3) is 3.41. The van der Waals surface area contributed by atoms with E-state index in [0.29, 0.717) is 0 Å². The molecule has 12 heteroatoms. The fourth-order valence-electron chi connectivity index (χ4n) is 5.76. The third-order valence-electron chi connectivity index (χ3n) is 7.47. The number of allylic oxidation sites excluding steroid dienone is 4. The van der Waals surface area contributed by atoms with E-state index in [1.807, 2.05) is 0 Å². The number of phenols is 2. The maximum atomic E-state index is 14.0. The van der Waals surface area contributed by atoms with Crippen molar-refractivity contribution in [3.05, 3.63) is 90.4 Å². The first-order valence-corrected chi connectivity index (χ1v) is 12.6. The van der Waals surface area contributed by atoms with Gasteiger partial charge in [-0.1, -0.05) is 0 Å². The summed E-state index contributed by atoms with van der Waals surface area (Å²) in [6.45, 7) is 3.10. The van der Waals surface area contributed by atoms with E-state index in [1.165, 1.54) is 25.1 Å². The molecular formula is C30H20O12. The fraction of sp³-hybridized carbons (Fsp3) is 0.200. The number of Topliss-reactive ketones (excluding diaryl/α,β-unsaturated/α-hetero) is 4. The number of rotatable bonds is 3. The number of carbonyl (C=O) groups excluding carboxylic acids is 5. The summed E-state index contributed by atoms with van der Waals surface area (Å²) in [5, 5.41) is 21.9. The molecule has 1 aliphatic heterocycles. The molecule has 1 aromatic heterocycles. The molecule has 2 heterocycles. The number of aryl methyl sites for hydroxylation is 1. The van der Waals surface area contributed by atoms with Gasteiger partial charge in [-0.05, 0) is 43.0 Å². The van der Waals surface area contributed by atoms with Gasteiger partial charge in [0, 0.05) is 17.5 Å². The van der Waals surface area contributed by atoms with Gasteiger partial charge in [0.05, 0.1) is 36.5 Å². The number of hydrogen-bond donors (Lipinski definition) is 2. The topological polar surface area (TPSA) is 184 Å². The Morgan fingerprint density at radius 1 is 0.762 bits per heavy atom. The Morgan fingerprint density at radius 2 is 1.31 bits per heavy atom.